The Morgan fingerprint density at radius 1 is 1.20 bits per heavy atom. The summed E-state index contributed by atoms with van der Waals surface area (Å²) < 4.78 is 5.83. The van der Waals surface area contributed by atoms with E-state index in [0.29, 0.717) is 18.1 Å². The van der Waals surface area contributed by atoms with Gasteiger partial charge in [0.2, 0.25) is 0 Å². The maximum Gasteiger partial charge on any atom is 0.341 e. The van der Waals surface area contributed by atoms with E-state index in [1.165, 1.54) is 23.2 Å². The molecule has 1 atom stereocenters. The third-order valence-corrected chi connectivity index (χ3v) is 6.12. The first-order chi connectivity index (χ1) is 14.5. The number of nitrogens with zero attached hydrogens (tertiary/aromatic N) is 3. The van der Waals surface area contributed by atoms with Crippen molar-refractivity contribution in [3.05, 3.63) is 35.9 Å². The molecule has 164 valence electrons. The van der Waals surface area contributed by atoms with Crippen LogP contribution in [-0.2, 0) is 16.0 Å². The minimum atomic E-state index is -0.987. The SMILES string of the molecule is CN(C)CCSC1=NN(C(=O)NC2CCCCC2)C(C(=O)CCc2ccccc2)O1. The lowest BCUT2D eigenvalue weighted by molar-refractivity contribution is -0.130. The largest absolute Gasteiger partial charge is 0.438 e. The molecule has 1 aromatic rings. The average Bonchev–Trinajstić information content (AvgIpc) is 3.18. The van der Waals surface area contributed by atoms with Crippen molar-refractivity contribution in [1.82, 2.24) is 15.2 Å². The van der Waals surface area contributed by atoms with Crippen molar-refractivity contribution in [2.45, 2.75) is 57.2 Å². The Balaban J connectivity index is 1.62. The Labute approximate surface area is 183 Å². The van der Waals surface area contributed by atoms with E-state index in [1.54, 1.807) is 0 Å². The number of amides is 2. The van der Waals surface area contributed by atoms with Crippen molar-refractivity contribution in [2.75, 3.05) is 26.4 Å². The maximum atomic E-state index is 12.9. The molecule has 0 bridgehead atoms. The van der Waals surface area contributed by atoms with Gasteiger partial charge >= 0.3 is 6.03 Å². The molecule has 8 heteroatoms. The third-order valence-electron chi connectivity index (χ3n) is 5.31. The number of nitrogens with one attached hydrogen (secondary N) is 1. The molecule has 1 N–H and O–H groups in total. The summed E-state index contributed by atoms with van der Waals surface area (Å²) in [6.45, 7) is 0.855. The van der Waals surface area contributed by atoms with Gasteiger partial charge in [0.25, 0.3) is 11.5 Å². The Hall–Kier alpha value is -2.06. The number of hydrogen-bond acceptors (Lipinski definition) is 6. The van der Waals surface area contributed by atoms with Crippen LogP contribution in [0.1, 0.15) is 44.1 Å². The van der Waals surface area contributed by atoms with E-state index < -0.39 is 6.23 Å². The first-order valence-electron chi connectivity index (χ1n) is 10.7. The van der Waals surface area contributed by atoms with E-state index in [-0.39, 0.29) is 17.9 Å². The molecule has 2 amide bonds. The highest BCUT2D eigenvalue weighted by molar-refractivity contribution is 8.13. The normalized spacial score (nSPS) is 19.5. The average molecular weight is 433 g/mol. The molecule has 1 aliphatic carbocycles. The molecule has 3 rings (SSSR count). The minimum absolute atomic E-state index is 0.135. The van der Waals surface area contributed by atoms with Crippen LogP contribution in [0, 0.1) is 0 Å². The topological polar surface area (TPSA) is 74.2 Å². The van der Waals surface area contributed by atoms with Gasteiger partial charge in [0.1, 0.15) is 0 Å². The first-order valence-corrected chi connectivity index (χ1v) is 11.7. The molecule has 0 saturated heterocycles. The number of hydrogen-bond donors (Lipinski definition) is 1. The fourth-order valence-corrected chi connectivity index (χ4v) is 4.50. The monoisotopic (exact) mass is 432 g/mol. The van der Waals surface area contributed by atoms with Gasteiger partial charge < -0.3 is 15.0 Å². The number of urea groups is 1. The summed E-state index contributed by atoms with van der Waals surface area (Å²) in [5.74, 6) is 0.638. The van der Waals surface area contributed by atoms with Gasteiger partial charge in [0, 0.05) is 24.8 Å². The predicted molar refractivity (Wildman–Crippen MR) is 120 cm³/mol. The molecule has 7 nitrogen and oxygen atoms in total. The molecule has 2 aliphatic rings. The maximum absolute atomic E-state index is 12.9. The molecule has 1 fully saturated rings. The minimum Gasteiger partial charge on any atom is -0.438 e. The number of aryl methyl sites for hydroxylation is 1. The molecule has 0 spiro atoms. The van der Waals surface area contributed by atoms with Gasteiger partial charge in [0.15, 0.2) is 5.78 Å². The zero-order valence-electron chi connectivity index (χ0n) is 17.9. The van der Waals surface area contributed by atoms with Crippen molar-refractivity contribution >= 4 is 28.8 Å². The molecule has 1 aromatic carbocycles. The van der Waals surface area contributed by atoms with Gasteiger partial charge in [-0.25, -0.2) is 4.79 Å². The third kappa shape index (κ3) is 6.74. The zero-order chi connectivity index (χ0) is 21.3. The van der Waals surface area contributed by atoms with Crippen molar-refractivity contribution in [3.63, 3.8) is 0 Å². The van der Waals surface area contributed by atoms with Gasteiger partial charge in [-0.2, -0.15) is 5.01 Å². The molecule has 1 heterocycles. The molecular weight excluding hydrogens is 400 g/mol. The van der Waals surface area contributed by atoms with Crippen LogP contribution in [0.3, 0.4) is 0 Å². The highest BCUT2D eigenvalue weighted by Gasteiger charge is 2.38. The number of Topliss-reactive ketones (excluding diaryl/α,β-unsaturated/α-hetero) is 1. The molecule has 0 radical (unpaired) electrons. The van der Waals surface area contributed by atoms with Crippen LogP contribution < -0.4 is 5.32 Å². The summed E-state index contributed by atoms with van der Waals surface area (Å²) in [5, 5.41) is 8.98. The molecule has 1 aliphatic heterocycles. The van der Waals surface area contributed by atoms with Crippen LogP contribution in [-0.4, -0.2) is 65.6 Å². The lowest BCUT2D eigenvalue weighted by atomic mass is 9.96. The highest BCUT2D eigenvalue weighted by Crippen LogP contribution is 2.23. The number of carbonyl (C=O) groups is 2. The summed E-state index contributed by atoms with van der Waals surface area (Å²) >= 11 is 1.43. The number of rotatable bonds is 8. The van der Waals surface area contributed by atoms with E-state index >= 15 is 0 Å². The molecule has 1 saturated carbocycles. The Bertz CT molecular complexity index is 735. The van der Waals surface area contributed by atoms with E-state index in [4.69, 9.17) is 4.74 Å². The van der Waals surface area contributed by atoms with Crippen LogP contribution in [0.2, 0.25) is 0 Å². The second-order valence-corrected chi connectivity index (χ2v) is 9.11. The number of ketones is 1. The first kappa shape index (κ1) is 22.6. The van der Waals surface area contributed by atoms with E-state index in [2.05, 4.69) is 15.3 Å². The summed E-state index contributed by atoms with van der Waals surface area (Å²) in [7, 11) is 4.00. The van der Waals surface area contributed by atoms with Gasteiger partial charge in [-0.1, -0.05) is 61.4 Å². The number of hydrazone groups is 1. The van der Waals surface area contributed by atoms with Crippen molar-refractivity contribution in [3.8, 4) is 0 Å². The summed E-state index contributed by atoms with van der Waals surface area (Å²) in [4.78, 5) is 27.9. The number of ether oxygens (including phenoxy) is 1. The van der Waals surface area contributed by atoms with Crippen LogP contribution in [0.25, 0.3) is 0 Å². The number of thioether (sulfide) groups is 1. The zero-order valence-corrected chi connectivity index (χ0v) is 18.7. The predicted octanol–water partition coefficient (Wildman–Crippen LogP) is 3.45. The Morgan fingerprint density at radius 2 is 1.93 bits per heavy atom. The van der Waals surface area contributed by atoms with Gasteiger partial charge in [-0.3, -0.25) is 4.79 Å². The lowest BCUT2D eigenvalue weighted by Gasteiger charge is -2.26. The number of carbonyl (C=O) groups excluding carboxylic acids is 2. The van der Waals surface area contributed by atoms with E-state index in [9.17, 15) is 9.59 Å². The Morgan fingerprint density at radius 3 is 2.63 bits per heavy atom. The van der Waals surface area contributed by atoms with Gasteiger partial charge in [-0.05, 0) is 38.9 Å². The second-order valence-electron chi connectivity index (χ2n) is 8.07. The molecule has 1 unspecified atom stereocenters. The lowest BCUT2D eigenvalue weighted by Crippen LogP contribution is -2.48. The fraction of sp³-hybridized carbons (Fsp3) is 0.591. The van der Waals surface area contributed by atoms with Gasteiger partial charge in [-0.15, -0.1) is 5.10 Å². The highest BCUT2D eigenvalue weighted by atomic mass is 32.2. The molecule has 0 aromatic heterocycles. The summed E-state index contributed by atoms with van der Waals surface area (Å²) in [6, 6.07) is 9.66. The quantitative estimate of drug-likeness (QED) is 0.681. The van der Waals surface area contributed by atoms with Crippen molar-refractivity contribution < 1.29 is 14.3 Å². The number of benzene rings is 1. The second kappa shape index (κ2) is 11.4. The van der Waals surface area contributed by atoms with Crippen LogP contribution >= 0.6 is 11.8 Å². The Kier molecular flexibility index (Phi) is 8.57. The standard InChI is InChI=1S/C22H32N4O3S/c1-25(2)15-16-30-22-24-26(21(28)23-18-11-7-4-8-12-18)20(29-22)19(27)14-13-17-9-5-3-6-10-17/h3,5-6,9-10,18,20H,4,7-8,11-16H2,1-2H3,(H,23,28). The van der Waals surface area contributed by atoms with Crippen molar-refractivity contribution in [2.24, 2.45) is 5.10 Å². The smallest absolute Gasteiger partial charge is 0.341 e. The van der Waals surface area contributed by atoms with Crippen LogP contribution in [0.15, 0.2) is 35.4 Å². The van der Waals surface area contributed by atoms with Crippen LogP contribution in [0.4, 0.5) is 4.79 Å². The molecule has 30 heavy (non-hydrogen) atoms. The molecular formula is C22H32N4O3S. The van der Waals surface area contributed by atoms with E-state index in [0.717, 1.165) is 43.5 Å². The van der Waals surface area contributed by atoms with Crippen LogP contribution in [0.5, 0.6) is 0 Å². The fourth-order valence-electron chi connectivity index (χ4n) is 3.57. The summed E-state index contributed by atoms with van der Waals surface area (Å²) in [6.07, 6.45) is 5.33. The summed E-state index contributed by atoms with van der Waals surface area (Å²) in [5.41, 5.74) is 1.09. The van der Waals surface area contributed by atoms with Crippen molar-refractivity contribution in [1.29, 1.82) is 0 Å². The van der Waals surface area contributed by atoms with E-state index in [1.807, 2.05) is 44.4 Å². The van der Waals surface area contributed by atoms with Gasteiger partial charge in [0.05, 0.1) is 0 Å².